The van der Waals surface area contributed by atoms with Crippen molar-refractivity contribution in [3.8, 4) is 11.6 Å². The fourth-order valence-electron chi connectivity index (χ4n) is 3.04. The van der Waals surface area contributed by atoms with Gasteiger partial charge in [0.25, 0.3) is 11.5 Å². The maximum Gasteiger partial charge on any atom is 0.416 e. The van der Waals surface area contributed by atoms with Crippen LogP contribution < -0.4 is 16.6 Å². The lowest BCUT2D eigenvalue weighted by molar-refractivity contribution is -0.138. The normalized spacial score (nSPS) is 11.2. The summed E-state index contributed by atoms with van der Waals surface area (Å²) in [5, 5.41) is 21.2. The molecule has 0 aliphatic carbocycles. The molecular formula is C21H16F3N3O6. The summed E-state index contributed by atoms with van der Waals surface area (Å²) in [5.41, 5.74) is -4.58. The zero-order valence-electron chi connectivity index (χ0n) is 16.7. The van der Waals surface area contributed by atoms with Crippen molar-refractivity contribution in [2.45, 2.75) is 12.7 Å². The summed E-state index contributed by atoms with van der Waals surface area (Å²) in [6.07, 6.45) is -4.77. The molecule has 172 valence electrons. The van der Waals surface area contributed by atoms with E-state index in [0.717, 1.165) is 18.2 Å². The molecule has 33 heavy (non-hydrogen) atoms. The lowest BCUT2D eigenvalue weighted by Gasteiger charge is -2.16. The molecule has 0 aliphatic heterocycles. The van der Waals surface area contributed by atoms with Gasteiger partial charge in [-0.05, 0) is 23.8 Å². The minimum absolute atomic E-state index is 0.364. The van der Waals surface area contributed by atoms with E-state index in [-0.39, 0.29) is 6.54 Å². The number of halogens is 3. The van der Waals surface area contributed by atoms with Crippen LogP contribution in [-0.2, 0) is 17.5 Å². The maximum absolute atomic E-state index is 13.2. The molecule has 0 saturated heterocycles. The van der Waals surface area contributed by atoms with Crippen molar-refractivity contribution in [3.63, 3.8) is 0 Å². The van der Waals surface area contributed by atoms with Gasteiger partial charge in [-0.1, -0.05) is 36.4 Å². The van der Waals surface area contributed by atoms with Crippen LogP contribution in [0.3, 0.4) is 0 Å². The molecule has 1 aromatic heterocycles. The van der Waals surface area contributed by atoms with E-state index in [1.807, 2.05) is 5.32 Å². The van der Waals surface area contributed by atoms with Crippen molar-refractivity contribution in [3.05, 3.63) is 92.1 Å². The maximum atomic E-state index is 13.2. The standard InChI is InChI=1S/C21H16F3N3O6/c22-21(23,24)13-7-4-8-14(9-13)27-19(32)16(17(30)25-10-15(28)29)18(31)26(20(27)33)11-12-5-2-1-3-6-12/h1-9,32H,10-11H2,(H,25,30)(H,28,29). The first-order valence-corrected chi connectivity index (χ1v) is 9.31. The average molecular weight is 463 g/mol. The first-order chi connectivity index (χ1) is 15.5. The largest absolute Gasteiger partial charge is 0.493 e. The van der Waals surface area contributed by atoms with Gasteiger partial charge in [0.2, 0.25) is 5.88 Å². The molecular weight excluding hydrogens is 447 g/mol. The van der Waals surface area contributed by atoms with E-state index in [0.29, 0.717) is 20.8 Å². The quantitative estimate of drug-likeness (QED) is 0.509. The molecule has 9 nitrogen and oxygen atoms in total. The van der Waals surface area contributed by atoms with E-state index in [2.05, 4.69) is 0 Å². The number of carboxylic acids is 1. The minimum atomic E-state index is -4.77. The van der Waals surface area contributed by atoms with E-state index in [9.17, 15) is 37.5 Å². The molecule has 2 aromatic carbocycles. The minimum Gasteiger partial charge on any atom is -0.493 e. The van der Waals surface area contributed by atoms with Crippen molar-refractivity contribution in [2.75, 3.05) is 6.54 Å². The first-order valence-electron chi connectivity index (χ1n) is 9.31. The van der Waals surface area contributed by atoms with Crippen LogP contribution in [0.25, 0.3) is 5.69 Å². The summed E-state index contributed by atoms with van der Waals surface area (Å²) >= 11 is 0. The van der Waals surface area contributed by atoms with Gasteiger partial charge in [0, 0.05) is 0 Å². The predicted octanol–water partition coefficient (Wildman–Crippen LogP) is 1.59. The first kappa shape index (κ1) is 23.3. The number of hydrogen-bond acceptors (Lipinski definition) is 5. The summed E-state index contributed by atoms with van der Waals surface area (Å²) in [5.74, 6) is -3.99. The van der Waals surface area contributed by atoms with Crippen LogP contribution in [0, 0.1) is 0 Å². The highest BCUT2D eigenvalue weighted by Gasteiger charge is 2.31. The number of carbonyl (C=O) groups is 2. The van der Waals surface area contributed by atoms with Crippen LogP contribution in [0.1, 0.15) is 21.5 Å². The SMILES string of the molecule is O=C(O)CNC(=O)c1c(O)n(-c2cccc(C(F)(F)F)c2)c(=O)n(Cc2ccccc2)c1=O. The highest BCUT2D eigenvalue weighted by Crippen LogP contribution is 2.30. The Balaban J connectivity index is 2.28. The van der Waals surface area contributed by atoms with E-state index in [1.54, 1.807) is 30.3 Å². The molecule has 3 aromatic rings. The lowest BCUT2D eigenvalue weighted by Crippen LogP contribution is -2.44. The van der Waals surface area contributed by atoms with Crippen molar-refractivity contribution in [1.82, 2.24) is 14.5 Å². The molecule has 0 aliphatic rings. The molecule has 0 radical (unpaired) electrons. The van der Waals surface area contributed by atoms with Crippen LogP contribution in [0.2, 0.25) is 0 Å². The molecule has 0 bridgehead atoms. The van der Waals surface area contributed by atoms with E-state index in [1.165, 1.54) is 0 Å². The van der Waals surface area contributed by atoms with Crippen LogP contribution in [0.4, 0.5) is 13.2 Å². The summed E-state index contributed by atoms with van der Waals surface area (Å²) in [6, 6.07) is 11.4. The van der Waals surface area contributed by atoms with E-state index >= 15 is 0 Å². The number of benzene rings is 2. The number of aliphatic carboxylic acids is 1. The lowest BCUT2D eigenvalue weighted by atomic mass is 10.2. The molecule has 0 unspecified atom stereocenters. The Morgan fingerprint density at radius 1 is 1.00 bits per heavy atom. The van der Waals surface area contributed by atoms with Gasteiger partial charge in [-0.25, -0.2) is 9.36 Å². The number of hydrogen-bond donors (Lipinski definition) is 3. The number of carboxylic acid groups (broad SMARTS) is 1. The topological polar surface area (TPSA) is 131 Å². The number of amides is 1. The number of nitrogens with zero attached hydrogens (tertiary/aromatic N) is 2. The number of carbonyl (C=O) groups excluding carboxylic acids is 1. The third-order valence-electron chi connectivity index (χ3n) is 4.56. The highest BCUT2D eigenvalue weighted by atomic mass is 19.4. The number of rotatable bonds is 6. The second-order valence-corrected chi connectivity index (χ2v) is 6.82. The molecule has 1 heterocycles. The Bertz CT molecular complexity index is 1330. The van der Waals surface area contributed by atoms with Gasteiger partial charge in [-0.15, -0.1) is 0 Å². The van der Waals surface area contributed by atoms with Gasteiger partial charge in [0.1, 0.15) is 6.54 Å². The Morgan fingerprint density at radius 2 is 1.67 bits per heavy atom. The third-order valence-corrected chi connectivity index (χ3v) is 4.56. The highest BCUT2D eigenvalue weighted by molar-refractivity contribution is 5.97. The molecule has 0 fully saturated rings. The van der Waals surface area contributed by atoms with E-state index in [4.69, 9.17) is 5.11 Å². The Labute approximate surface area is 183 Å². The van der Waals surface area contributed by atoms with Crippen molar-refractivity contribution in [1.29, 1.82) is 0 Å². The number of aromatic nitrogens is 2. The van der Waals surface area contributed by atoms with E-state index < -0.39 is 58.5 Å². The molecule has 1 amide bonds. The predicted molar refractivity (Wildman–Crippen MR) is 108 cm³/mol. The second kappa shape index (κ2) is 9.02. The Morgan fingerprint density at radius 3 is 2.27 bits per heavy atom. The zero-order chi connectivity index (χ0) is 24.3. The number of nitrogens with one attached hydrogen (secondary N) is 1. The van der Waals surface area contributed by atoms with Crippen LogP contribution in [-0.4, -0.2) is 37.8 Å². The van der Waals surface area contributed by atoms with Crippen LogP contribution in [0.15, 0.2) is 64.2 Å². The fourth-order valence-corrected chi connectivity index (χ4v) is 3.04. The Kier molecular flexibility index (Phi) is 6.38. The summed E-state index contributed by atoms with van der Waals surface area (Å²) in [4.78, 5) is 49.2. The van der Waals surface area contributed by atoms with Crippen LogP contribution in [0.5, 0.6) is 5.88 Å². The summed E-state index contributed by atoms with van der Waals surface area (Å²) < 4.78 is 40.5. The zero-order valence-corrected chi connectivity index (χ0v) is 16.7. The van der Waals surface area contributed by atoms with Gasteiger partial charge in [0.05, 0.1) is 17.8 Å². The van der Waals surface area contributed by atoms with Gasteiger partial charge in [-0.2, -0.15) is 13.2 Å². The van der Waals surface area contributed by atoms with Crippen LogP contribution >= 0.6 is 0 Å². The molecule has 12 heteroatoms. The third kappa shape index (κ3) is 4.95. The smallest absolute Gasteiger partial charge is 0.416 e. The van der Waals surface area contributed by atoms with Gasteiger partial charge in [0.15, 0.2) is 5.56 Å². The van der Waals surface area contributed by atoms with Gasteiger partial charge < -0.3 is 15.5 Å². The molecule has 3 N–H and O–H groups in total. The Hall–Kier alpha value is -4.35. The molecule has 0 saturated carbocycles. The number of aromatic hydroxyl groups is 1. The second-order valence-electron chi connectivity index (χ2n) is 6.82. The molecule has 0 spiro atoms. The van der Waals surface area contributed by atoms with Crippen molar-refractivity contribution < 1.29 is 33.0 Å². The van der Waals surface area contributed by atoms with Crippen molar-refractivity contribution in [2.24, 2.45) is 0 Å². The van der Waals surface area contributed by atoms with Gasteiger partial charge in [-0.3, -0.25) is 19.0 Å². The molecule has 0 atom stereocenters. The fraction of sp³-hybridized carbons (Fsp3) is 0.143. The average Bonchev–Trinajstić information content (AvgIpc) is 2.75. The number of alkyl halides is 3. The summed E-state index contributed by atoms with van der Waals surface area (Å²) in [6.45, 7) is -1.27. The molecule has 3 rings (SSSR count). The van der Waals surface area contributed by atoms with Gasteiger partial charge >= 0.3 is 17.8 Å². The van der Waals surface area contributed by atoms with Crippen molar-refractivity contribution >= 4 is 11.9 Å². The summed E-state index contributed by atoms with van der Waals surface area (Å²) in [7, 11) is 0. The monoisotopic (exact) mass is 463 g/mol.